The van der Waals surface area contributed by atoms with Crippen molar-refractivity contribution in [3.05, 3.63) is 52.8 Å². The van der Waals surface area contributed by atoms with E-state index in [0.29, 0.717) is 22.7 Å². The predicted molar refractivity (Wildman–Crippen MR) is 133 cm³/mol. The Bertz CT molecular complexity index is 1110. The van der Waals surface area contributed by atoms with Crippen molar-refractivity contribution in [3.8, 4) is 0 Å². The molecule has 1 amide bonds. The van der Waals surface area contributed by atoms with Gasteiger partial charge >= 0.3 is 0 Å². The fourth-order valence-electron chi connectivity index (χ4n) is 4.53. The molecular weight excluding hydrogens is 432 g/mol. The molecule has 1 saturated carbocycles. The normalized spacial score (nSPS) is 14.8. The molecule has 0 bridgehead atoms. The quantitative estimate of drug-likeness (QED) is 0.459. The predicted octanol–water partition coefficient (Wildman–Crippen LogP) is 4.37. The largest absolute Gasteiger partial charge is 0.340 e. The first-order chi connectivity index (χ1) is 15.9. The Hall–Kier alpha value is -2.45. The van der Waals surface area contributed by atoms with Crippen LogP contribution in [-0.2, 0) is 5.75 Å². The fraction of sp³-hybridized carbons (Fsp3) is 0.520. The molecular formula is C25H34N6OS. The SMILES string of the molecule is Cc1cc(C)n2nc(SCc3ccccc3C(=O)N(C)CCN(C)C3CCCCC3)nc2n1. The number of hydrogen-bond donors (Lipinski definition) is 0. The van der Waals surface area contributed by atoms with Crippen LogP contribution in [0, 0.1) is 13.8 Å². The molecule has 33 heavy (non-hydrogen) atoms. The van der Waals surface area contributed by atoms with Crippen molar-refractivity contribution in [1.29, 1.82) is 0 Å². The van der Waals surface area contributed by atoms with Crippen molar-refractivity contribution < 1.29 is 4.79 Å². The summed E-state index contributed by atoms with van der Waals surface area (Å²) in [6.07, 6.45) is 6.56. The molecule has 0 unspecified atom stereocenters. The van der Waals surface area contributed by atoms with Gasteiger partial charge in [0.05, 0.1) is 0 Å². The Balaban J connectivity index is 1.39. The van der Waals surface area contributed by atoms with Crippen LogP contribution >= 0.6 is 11.8 Å². The Labute approximate surface area is 200 Å². The van der Waals surface area contributed by atoms with Gasteiger partial charge in [0.25, 0.3) is 11.7 Å². The lowest BCUT2D eigenvalue weighted by molar-refractivity contribution is 0.0767. The number of thioether (sulfide) groups is 1. The van der Waals surface area contributed by atoms with Crippen molar-refractivity contribution in [3.63, 3.8) is 0 Å². The van der Waals surface area contributed by atoms with Crippen LogP contribution in [0.3, 0.4) is 0 Å². The summed E-state index contributed by atoms with van der Waals surface area (Å²) < 4.78 is 1.77. The third kappa shape index (κ3) is 5.73. The van der Waals surface area contributed by atoms with Gasteiger partial charge in [-0.2, -0.15) is 4.98 Å². The Morgan fingerprint density at radius 1 is 1.09 bits per heavy atom. The molecule has 0 atom stereocenters. The molecule has 3 aromatic rings. The van der Waals surface area contributed by atoms with Gasteiger partial charge in [0, 0.05) is 48.9 Å². The molecule has 8 heteroatoms. The van der Waals surface area contributed by atoms with Gasteiger partial charge in [-0.25, -0.2) is 9.50 Å². The van der Waals surface area contributed by atoms with Gasteiger partial charge in [-0.15, -0.1) is 5.10 Å². The summed E-state index contributed by atoms with van der Waals surface area (Å²) in [4.78, 5) is 26.5. The van der Waals surface area contributed by atoms with Gasteiger partial charge in [-0.3, -0.25) is 4.79 Å². The van der Waals surface area contributed by atoms with Crippen LogP contribution in [0.5, 0.6) is 0 Å². The van der Waals surface area contributed by atoms with Crippen LogP contribution in [0.25, 0.3) is 5.78 Å². The van der Waals surface area contributed by atoms with Crippen LogP contribution in [0.15, 0.2) is 35.5 Å². The molecule has 4 rings (SSSR count). The molecule has 0 spiro atoms. The van der Waals surface area contributed by atoms with E-state index in [1.807, 2.05) is 56.1 Å². The minimum absolute atomic E-state index is 0.0688. The smallest absolute Gasteiger partial charge is 0.253 e. The Kier molecular flexibility index (Phi) is 7.65. The maximum Gasteiger partial charge on any atom is 0.253 e. The number of amides is 1. The monoisotopic (exact) mass is 466 g/mol. The van der Waals surface area contributed by atoms with Crippen LogP contribution in [0.4, 0.5) is 0 Å². The number of carbonyl (C=O) groups excluding carboxylic acids is 1. The number of rotatable bonds is 8. The van der Waals surface area contributed by atoms with Gasteiger partial charge in [0.15, 0.2) is 0 Å². The van der Waals surface area contributed by atoms with Crippen LogP contribution in [0.2, 0.25) is 0 Å². The van der Waals surface area contributed by atoms with E-state index >= 15 is 0 Å². The third-order valence-electron chi connectivity index (χ3n) is 6.54. The maximum absolute atomic E-state index is 13.2. The van der Waals surface area contributed by atoms with Crippen molar-refractivity contribution in [1.82, 2.24) is 29.4 Å². The Morgan fingerprint density at radius 2 is 1.85 bits per heavy atom. The van der Waals surface area contributed by atoms with Crippen LogP contribution in [-0.4, -0.2) is 68.5 Å². The average Bonchev–Trinajstić information content (AvgIpc) is 3.24. The van der Waals surface area contributed by atoms with Gasteiger partial charge < -0.3 is 9.80 Å². The molecule has 2 aromatic heterocycles. The first kappa shape index (κ1) is 23.7. The molecule has 0 N–H and O–H groups in total. The van der Waals surface area contributed by atoms with Crippen molar-refractivity contribution in [2.45, 2.75) is 62.9 Å². The number of fused-ring (bicyclic) bond motifs is 1. The van der Waals surface area contributed by atoms with E-state index < -0.39 is 0 Å². The van der Waals surface area contributed by atoms with E-state index in [0.717, 1.165) is 35.6 Å². The number of hydrogen-bond acceptors (Lipinski definition) is 6. The second-order valence-electron chi connectivity index (χ2n) is 9.09. The molecule has 0 radical (unpaired) electrons. The summed E-state index contributed by atoms with van der Waals surface area (Å²) >= 11 is 1.53. The zero-order valence-electron chi connectivity index (χ0n) is 20.1. The van der Waals surface area contributed by atoms with E-state index in [1.165, 1.54) is 43.9 Å². The highest BCUT2D eigenvalue weighted by molar-refractivity contribution is 7.98. The topological polar surface area (TPSA) is 66.6 Å². The number of aromatic nitrogens is 4. The van der Waals surface area contributed by atoms with E-state index in [2.05, 4.69) is 27.0 Å². The number of likely N-dealkylation sites (N-methyl/N-ethyl adjacent to an activating group) is 2. The molecule has 2 heterocycles. The van der Waals surface area contributed by atoms with Gasteiger partial charge in [-0.05, 0) is 51.4 Å². The first-order valence-electron chi connectivity index (χ1n) is 11.8. The van der Waals surface area contributed by atoms with Crippen LogP contribution in [0.1, 0.15) is 59.4 Å². The first-order valence-corrected chi connectivity index (χ1v) is 12.8. The highest BCUT2D eigenvalue weighted by Crippen LogP contribution is 2.24. The van der Waals surface area contributed by atoms with Crippen molar-refractivity contribution >= 4 is 23.4 Å². The van der Waals surface area contributed by atoms with Gasteiger partial charge in [-0.1, -0.05) is 49.2 Å². The molecule has 176 valence electrons. The van der Waals surface area contributed by atoms with E-state index in [9.17, 15) is 4.79 Å². The number of benzene rings is 1. The van der Waals surface area contributed by atoms with E-state index in [1.54, 1.807) is 4.52 Å². The summed E-state index contributed by atoms with van der Waals surface area (Å²) in [5.41, 5.74) is 3.69. The molecule has 1 aliphatic rings. The number of carbonyl (C=O) groups is 1. The maximum atomic E-state index is 13.2. The lowest BCUT2D eigenvalue weighted by Crippen LogP contribution is -2.40. The molecule has 0 aliphatic heterocycles. The lowest BCUT2D eigenvalue weighted by Gasteiger charge is -2.32. The fourth-order valence-corrected chi connectivity index (χ4v) is 5.35. The second-order valence-corrected chi connectivity index (χ2v) is 10.0. The zero-order valence-corrected chi connectivity index (χ0v) is 20.9. The minimum atomic E-state index is 0.0688. The van der Waals surface area contributed by atoms with Gasteiger partial charge in [0.2, 0.25) is 5.16 Å². The van der Waals surface area contributed by atoms with E-state index in [-0.39, 0.29) is 5.91 Å². The summed E-state index contributed by atoms with van der Waals surface area (Å²) in [5, 5.41) is 5.24. The summed E-state index contributed by atoms with van der Waals surface area (Å²) in [7, 11) is 4.10. The zero-order chi connectivity index (χ0) is 23.4. The highest BCUT2D eigenvalue weighted by Gasteiger charge is 2.20. The lowest BCUT2D eigenvalue weighted by atomic mass is 9.94. The molecule has 1 aliphatic carbocycles. The molecule has 1 fully saturated rings. The summed E-state index contributed by atoms with van der Waals surface area (Å²) in [6, 6.07) is 10.5. The van der Waals surface area contributed by atoms with Crippen molar-refractivity contribution in [2.24, 2.45) is 0 Å². The summed E-state index contributed by atoms with van der Waals surface area (Å²) in [5.74, 6) is 1.31. The second kappa shape index (κ2) is 10.7. The molecule has 0 saturated heterocycles. The Morgan fingerprint density at radius 3 is 2.64 bits per heavy atom. The molecule has 7 nitrogen and oxygen atoms in total. The molecule has 1 aromatic carbocycles. The summed E-state index contributed by atoms with van der Waals surface area (Å²) in [6.45, 7) is 5.59. The highest BCUT2D eigenvalue weighted by atomic mass is 32.2. The van der Waals surface area contributed by atoms with Crippen molar-refractivity contribution in [2.75, 3.05) is 27.2 Å². The minimum Gasteiger partial charge on any atom is -0.340 e. The standard InChI is InChI=1S/C25H34N6OS/c1-18-16-19(2)31-24(26-18)27-25(28-31)33-17-20-10-8-9-13-22(20)23(32)30(4)15-14-29(3)21-11-6-5-7-12-21/h8-10,13,16,21H,5-7,11-12,14-15,17H2,1-4H3. The van der Waals surface area contributed by atoms with Crippen LogP contribution < -0.4 is 0 Å². The number of aryl methyl sites for hydroxylation is 2. The van der Waals surface area contributed by atoms with Gasteiger partial charge in [0.1, 0.15) is 0 Å². The number of nitrogens with zero attached hydrogens (tertiary/aromatic N) is 6. The van der Waals surface area contributed by atoms with E-state index in [4.69, 9.17) is 0 Å². The average molecular weight is 467 g/mol. The third-order valence-corrected chi connectivity index (χ3v) is 7.42.